The minimum absolute atomic E-state index is 0.0332. The molecule has 0 aliphatic carbocycles. The van der Waals surface area contributed by atoms with Gasteiger partial charge in [-0.1, -0.05) is 6.07 Å². The van der Waals surface area contributed by atoms with Crippen molar-refractivity contribution in [3.8, 4) is 5.75 Å². The van der Waals surface area contributed by atoms with Crippen LogP contribution in [0.25, 0.3) is 10.9 Å². The van der Waals surface area contributed by atoms with Gasteiger partial charge in [0.15, 0.2) is 0 Å². The Labute approximate surface area is 151 Å². The normalized spacial score (nSPS) is 10.7. The summed E-state index contributed by atoms with van der Waals surface area (Å²) >= 11 is 0. The second-order valence-electron chi connectivity index (χ2n) is 5.85. The van der Waals surface area contributed by atoms with Gasteiger partial charge in [-0.05, 0) is 49.7 Å². The molecule has 0 fully saturated rings. The van der Waals surface area contributed by atoms with Crippen LogP contribution in [0.3, 0.4) is 0 Å². The topological polar surface area (TPSA) is 75.3 Å². The molecule has 0 aliphatic heterocycles. The lowest BCUT2D eigenvalue weighted by atomic mass is 10.2. The Hall–Kier alpha value is -3.15. The van der Waals surface area contributed by atoms with Crippen molar-refractivity contribution in [1.82, 2.24) is 9.97 Å². The molecule has 0 aliphatic rings. The summed E-state index contributed by atoms with van der Waals surface area (Å²) in [6, 6.07) is 14.3. The van der Waals surface area contributed by atoms with Crippen LogP contribution in [0.2, 0.25) is 0 Å². The van der Waals surface area contributed by atoms with Gasteiger partial charge in [-0.15, -0.1) is 0 Å². The molecule has 134 valence electrons. The van der Waals surface area contributed by atoms with Crippen molar-refractivity contribution in [3.05, 3.63) is 65.1 Å². The number of H-pyrrole nitrogens is 1. The maximum absolute atomic E-state index is 12.4. The maximum atomic E-state index is 12.4. The Morgan fingerprint density at radius 1 is 1.19 bits per heavy atom. The van der Waals surface area contributed by atoms with Gasteiger partial charge in [-0.3, -0.25) is 14.5 Å². The van der Waals surface area contributed by atoms with Crippen LogP contribution in [0.15, 0.2) is 59.5 Å². The summed E-state index contributed by atoms with van der Waals surface area (Å²) in [6.07, 6.45) is 2.69. The lowest BCUT2D eigenvalue weighted by Crippen LogP contribution is -2.31. The molecule has 6 nitrogen and oxygen atoms in total. The van der Waals surface area contributed by atoms with Crippen molar-refractivity contribution in [2.24, 2.45) is 0 Å². The summed E-state index contributed by atoms with van der Waals surface area (Å²) in [5.74, 6) is 1.42. The number of carbonyl (C=O) groups is 1. The minimum Gasteiger partial charge on any atom is -0.494 e. The Bertz CT molecular complexity index is 938. The van der Waals surface area contributed by atoms with E-state index in [0.717, 1.165) is 10.9 Å². The lowest BCUT2D eigenvalue weighted by Gasteiger charge is -2.19. The van der Waals surface area contributed by atoms with E-state index in [-0.39, 0.29) is 11.5 Å². The number of anilines is 1. The van der Waals surface area contributed by atoms with Crippen LogP contribution in [0.5, 0.6) is 5.75 Å². The van der Waals surface area contributed by atoms with E-state index in [0.29, 0.717) is 37.6 Å². The fourth-order valence-corrected chi connectivity index (χ4v) is 2.75. The maximum Gasteiger partial charge on any atom is 0.248 e. The number of hydrogen-bond acceptors (Lipinski definition) is 4. The van der Waals surface area contributed by atoms with Crippen molar-refractivity contribution in [1.29, 1.82) is 0 Å². The van der Waals surface area contributed by atoms with Crippen molar-refractivity contribution >= 4 is 22.6 Å². The molecule has 2 heterocycles. The fraction of sp³-hybridized carbons (Fsp3) is 0.250. The summed E-state index contributed by atoms with van der Waals surface area (Å²) in [7, 11) is 0. The molecule has 0 unspecified atom stereocenters. The number of rotatable bonds is 7. The number of carbonyl (C=O) groups excluding carboxylic acids is 1. The molecule has 0 atom stereocenters. The fourth-order valence-electron chi connectivity index (χ4n) is 2.75. The van der Waals surface area contributed by atoms with E-state index >= 15 is 0 Å². The molecule has 0 saturated carbocycles. The van der Waals surface area contributed by atoms with Gasteiger partial charge in [0.2, 0.25) is 11.5 Å². The van der Waals surface area contributed by atoms with Gasteiger partial charge in [0.25, 0.3) is 0 Å². The minimum atomic E-state index is -0.127. The van der Waals surface area contributed by atoms with E-state index in [2.05, 4.69) is 9.97 Å². The third-order valence-electron chi connectivity index (χ3n) is 4.04. The highest BCUT2D eigenvalue weighted by molar-refractivity contribution is 5.92. The third kappa shape index (κ3) is 4.27. The van der Waals surface area contributed by atoms with Crippen molar-refractivity contribution in [2.75, 3.05) is 18.1 Å². The molecule has 26 heavy (non-hydrogen) atoms. The smallest absolute Gasteiger partial charge is 0.248 e. The Morgan fingerprint density at radius 3 is 2.85 bits per heavy atom. The van der Waals surface area contributed by atoms with Crippen LogP contribution in [-0.4, -0.2) is 29.0 Å². The number of ether oxygens (including phenoxy) is 1. The molecule has 3 rings (SSSR count). The first-order valence-electron chi connectivity index (χ1n) is 8.64. The van der Waals surface area contributed by atoms with E-state index in [9.17, 15) is 9.59 Å². The molecule has 2 aromatic heterocycles. The molecule has 0 saturated heterocycles. The number of pyridine rings is 2. The zero-order chi connectivity index (χ0) is 18.4. The second kappa shape index (κ2) is 8.29. The zero-order valence-corrected chi connectivity index (χ0v) is 14.6. The molecule has 1 amide bonds. The van der Waals surface area contributed by atoms with Crippen LogP contribution in [-0.2, 0) is 4.79 Å². The van der Waals surface area contributed by atoms with Crippen LogP contribution in [0, 0.1) is 0 Å². The van der Waals surface area contributed by atoms with E-state index in [1.165, 1.54) is 6.07 Å². The van der Waals surface area contributed by atoms with Crippen LogP contribution >= 0.6 is 0 Å². The molecule has 6 heteroatoms. The van der Waals surface area contributed by atoms with Crippen LogP contribution < -0.4 is 15.2 Å². The van der Waals surface area contributed by atoms with Gasteiger partial charge in [0, 0.05) is 36.1 Å². The molecule has 1 N–H and O–H groups in total. The molecule has 1 aromatic carbocycles. The van der Waals surface area contributed by atoms with Gasteiger partial charge in [0.05, 0.1) is 6.61 Å². The predicted molar refractivity (Wildman–Crippen MR) is 102 cm³/mol. The number of amides is 1. The quantitative estimate of drug-likeness (QED) is 0.664. The average molecular weight is 351 g/mol. The highest BCUT2D eigenvalue weighted by Gasteiger charge is 2.14. The SMILES string of the molecule is CCN(C(=O)CCCOc1ccc2[nH]c(=O)ccc2c1)c1ccccn1. The molecule has 0 radical (unpaired) electrons. The standard InChI is InChI=1S/C20H21N3O3/c1-2-23(18-6-3-4-12-21-18)20(25)7-5-13-26-16-9-10-17-15(14-16)8-11-19(24)22-17/h3-4,6,8-12,14H,2,5,7,13H2,1H3,(H,22,24). The van der Waals surface area contributed by atoms with Crippen LogP contribution in [0.1, 0.15) is 19.8 Å². The highest BCUT2D eigenvalue weighted by Crippen LogP contribution is 2.18. The molecule has 0 spiro atoms. The average Bonchev–Trinajstić information content (AvgIpc) is 2.66. The number of benzene rings is 1. The number of nitrogens with one attached hydrogen (secondary N) is 1. The first-order valence-corrected chi connectivity index (χ1v) is 8.64. The number of aromatic amines is 1. The Morgan fingerprint density at radius 2 is 2.08 bits per heavy atom. The van der Waals surface area contributed by atoms with Gasteiger partial charge in [0.1, 0.15) is 11.6 Å². The Balaban J connectivity index is 1.52. The summed E-state index contributed by atoms with van der Waals surface area (Å²) in [5.41, 5.74) is 0.645. The summed E-state index contributed by atoms with van der Waals surface area (Å²) in [6.45, 7) is 2.96. The lowest BCUT2D eigenvalue weighted by molar-refractivity contribution is -0.118. The number of nitrogens with zero attached hydrogens (tertiary/aromatic N) is 2. The zero-order valence-electron chi connectivity index (χ0n) is 14.6. The number of hydrogen-bond donors (Lipinski definition) is 1. The number of fused-ring (bicyclic) bond motifs is 1. The van der Waals surface area contributed by atoms with Crippen molar-refractivity contribution < 1.29 is 9.53 Å². The first-order chi connectivity index (χ1) is 12.7. The summed E-state index contributed by atoms with van der Waals surface area (Å²) in [5, 5.41) is 0.908. The molecular weight excluding hydrogens is 330 g/mol. The molecule has 3 aromatic rings. The Kier molecular flexibility index (Phi) is 5.63. The summed E-state index contributed by atoms with van der Waals surface area (Å²) < 4.78 is 5.74. The van der Waals surface area contributed by atoms with Crippen molar-refractivity contribution in [2.45, 2.75) is 19.8 Å². The van der Waals surface area contributed by atoms with Gasteiger partial charge < -0.3 is 9.72 Å². The second-order valence-corrected chi connectivity index (χ2v) is 5.85. The third-order valence-corrected chi connectivity index (χ3v) is 4.04. The van der Waals surface area contributed by atoms with Gasteiger partial charge in [-0.2, -0.15) is 0 Å². The monoisotopic (exact) mass is 351 g/mol. The molecule has 0 bridgehead atoms. The number of aromatic nitrogens is 2. The first kappa shape index (κ1) is 17.7. The van der Waals surface area contributed by atoms with Gasteiger partial charge >= 0.3 is 0 Å². The van der Waals surface area contributed by atoms with E-state index in [4.69, 9.17) is 4.74 Å². The summed E-state index contributed by atoms with van der Waals surface area (Å²) in [4.78, 5) is 32.4. The van der Waals surface area contributed by atoms with Gasteiger partial charge in [-0.25, -0.2) is 4.98 Å². The van der Waals surface area contributed by atoms with E-state index in [1.807, 2.05) is 43.3 Å². The molecular formula is C20H21N3O3. The van der Waals surface area contributed by atoms with Crippen LogP contribution in [0.4, 0.5) is 5.82 Å². The van der Waals surface area contributed by atoms with E-state index in [1.54, 1.807) is 17.2 Å². The largest absolute Gasteiger partial charge is 0.494 e. The van der Waals surface area contributed by atoms with Crippen molar-refractivity contribution in [3.63, 3.8) is 0 Å². The highest BCUT2D eigenvalue weighted by atomic mass is 16.5. The van der Waals surface area contributed by atoms with E-state index < -0.39 is 0 Å². The predicted octanol–water partition coefficient (Wildman–Crippen LogP) is 3.14.